The standard InChI is InChI=1S/C16H31NO/c1-16(2)10-7-12-17(13-11-16)14-8-5-3-4-6-9-15(14)18/h14-15,18H,3-13H2,1-2H3. The summed E-state index contributed by atoms with van der Waals surface area (Å²) in [5.74, 6) is 0. The maximum atomic E-state index is 10.4. The van der Waals surface area contributed by atoms with Crippen molar-refractivity contribution in [2.24, 2.45) is 5.41 Å². The van der Waals surface area contributed by atoms with E-state index in [-0.39, 0.29) is 6.10 Å². The molecule has 2 fully saturated rings. The monoisotopic (exact) mass is 253 g/mol. The molecule has 1 N–H and O–H groups in total. The highest BCUT2D eigenvalue weighted by molar-refractivity contribution is 4.85. The first kappa shape index (κ1) is 14.3. The molecule has 2 heteroatoms. The van der Waals surface area contributed by atoms with Crippen LogP contribution in [0.4, 0.5) is 0 Å². The lowest BCUT2D eigenvalue weighted by atomic mass is 9.85. The molecule has 0 bridgehead atoms. The van der Waals surface area contributed by atoms with Gasteiger partial charge < -0.3 is 5.11 Å². The highest BCUT2D eigenvalue weighted by Crippen LogP contribution is 2.32. The van der Waals surface area contributed by atoms with Crippen molar-refractivity contribution in [1.82, 2.24) is 4.90 Å². The average Bonchev–Trinajstić information content (AvgIpc) is 2.46. The molecule has 1 saturated heterocycles. The van der Waals surface area contributed by atoms with Crippen LogP contribution >= 0.6 is 0 Å². The molecule has 0 aromatic carbocycles. The fraction of sp³-hybridized carbons (Fsp3) is 1.00. The van der Waals surface area contributed by atoms with Gasteiger partial charge in [-0.1, -0.05) is 39.5 Å². The number of hydrogen-bond donors (Lipinski definition) is 1. The van der Waals surface area contributed by atoms with Gasteiger partial charge in [0, 0.05) is 6.04 Å². The number of hydrogen-bond acceptors (Lipinski definition) is 2. The first-order chi connectivity index (χ1) is 8.58. The van der Waals surface area contributed by atoms with Gasteiger partial charge in [0.25, 0.3) is 0 Å². The number of aliphatic hydroxyl groups is 1. The Labute approximate surface area is 113 Å². The van der Waals surface area contributed by atoms with Crippen LogP contribution in [0.5, 0.6) is 0 Å². The van der Waals surface area contributed by atoms with Gasteiger partial charge in [-0.2, -0.15) is 0 Å². The Bertz CT molecular complexity index is 251. The van der Waals surface area contributed by atoms with Gasteiger partial charge in [-0.05, 0) is 50.6 Å². The summed E-state index contributed by atoms with van der Waals surface area (Å²) in [6.45, 7) is 7.18. The first-order valence-electron chi connectivity index (χ1n) is 8.01. The Morgan fingerprint density at radius 3 is 2.39 bits per heavy atom. The molecule has 0 aromatic rings. The molecule has 18 heavy (non-hydrogen) atoms. The summed E-state index contributed by atoms with van der Waals surface area (Å²) in [7, 11) is 0. The summed E-state index contributed by atoms with van der Waals surface area (Å²) < 4.78 is 0. The van der Waals surface area contributed by atoms with Crippen molar-refractivity contribution in [2.75, 3.05) is 13.1 Å². The third-order valence-electron chi connectivity index (χ3n) is 5.04. The molecule has 1 saturated carbocycles. The van der Waals surface area contributed by atoms with E-state index < -0.39 is 0 Å². The lowest BCUT2D eigenvalue weighted by Crippen LogP contribution is -2.44. The molecular weight excluding hydrogens is 222 g/mol. The molecule has 0 amide bonds. The molecule has 2 rings (SSSR count). The second-order valence-electron chi connectivity index (χ2n) is 7.18. The van der Waals surface area contributed by atoms with E-state index in [9.17, 15) is 5.11 Å². The predicted molar refractivity (Wildman–Crippen MR) is 76.7 cm³/mol. The fourth-order valence-corrected chi connectivity index (χ4v) is 3.65. The third kappa shape index (κ3) is 3.96. The first-order valence-corrected chi connectivity index (χ1v) is 8.01. The molecule has 1 aliphatic carbocycles. The molecule has 2 nitrogen and oxygen atoms in total. The van der Waals surface area contributed by atoms with Crippen molar-refractivity contribution in [3.63, 3.8) is 0 Å². The maximum absolute atomic E-state index is 10.4. The van der Waals surface area contributed by atoms with Crippen molar-refractivity contribution in [2.45, 2.75) is 83.8 Å². The van der Waals surface area contributed by atoms with Gasteiger partial charge in [0.2, 0.25) is 0 Å². The minimum absolute atomic E-state index is 0.0773. The topological polar surface area (TPSA) is 23.5 Å². The number of likely N-dealkylation sites (tertiary alicyclic amines) is 1. The van der Waals surface area contributed by atoms with Crippen LogP contribution < -0.4 is 0 Å². The van der Waals surface area contributed by atoms with Crippen LogP contribution in [0.2, 0.25) is 0 Å². The molecule has 1 aliphatic heterocycles. The minimum Gasteiger partial charge on any atom is -0.391 e. The third-order valence-corrected chi connectivity index (χ3v) is 5.04. The molecule has 2 atom stereocenters. The highest BCUT2D eigenvalue weighted by Gasteiger charge is 2.30. The van der Waals surface area contributed by atoms with Gasteiger partial charge in [0.1, 0.15) is 0 Å². The molecule has 2 unspecified atom stereocenters. The van der Waals surface area contributed by atoms with Gasteiger partial charge in [-0.15, -0.1) is 0 Å². The van der Waals surface area contributed by atoms with Crippen molar-refractivity contribution in [3.8, 4) is 0 Å². The van der Waals surface area contributed by atoms with Gasteiger partial charge in [0.05, 0.1) is 6.10 Å². The molecule has 0 radical (unpaired) electrons. The molecular formula is C16H31NO. The number of rotatable bonds is 1. The second-order valence-corrected chi connectivity index (χ2v) is 7.18. The van der Waals surface area contributed by atoms with Gasteiger partial charge in [0.15, 0.2) is 0 Å². The molecule has 0 spiro atoms. The largest absolute Gasteiger partial charge is 0.391 e. The zero-order valence-electron chi connectivity index (χ0n) is 12.3. The van der Waals surface area contributed by atoms with Crippen LogP contribution in [0.25, 0.3) is 0 Å². The molecule has 2 aliphatic rings. The number of nitrogens with zero attached hydrogens (tertiary/aromatic N) is 1. The SMILES string of the molecule is CC1(C)CCCN(C2CCCCCCC2O)CC1. The average molecular weight is 253 g/mol. The number of aliphatic hydroxyl groups excluding tert-OH is 1. The van der Waals surface area contributed by atoms with E-state index in [2.05, 4.69) is 18.7 Å². The highest BCUT2D eigenvalue weighted by atomic mass is 16.3. The van der Waals surface area contributed by atoms with Crippen LogP contribution in [0.15, 0.2) is 0 Å². The van der Waals surface area contributed by atoms with Gasteiger partial charge >= 0.3 is 0 Å². The molecule has 1 heterocycles. The van der Waals surface area contributed by atoms with E-state index in [0.29, 0.717) is 11.5 Å². The Morgan fingerprint density at radius 2 is 1.61 bits per heavy atom. The lowest BCUT2D eigenvalue weighted by Gasteiger charge is -2.35. The van der Waals surface area contributed by atoms with E-state index >= 15 is 0 Å². The quantitative estimate of drug-likeness (QED) is 0.772. The van der Waals surface area contributed by atoms with Crippen LogP contribution in [0, 0.1) is 5.41 Å². The zero-order chi connectivity index (χ0) is 13.0. The normalized spacial score (nSPS) is 35.5. The van der Waals surface area contributed by atoms with E-state index in [1.807, 2.05) is 0 Å². The van der Waals surface area contributed by atoms with E-state index in [1.54, 1.807) is 0 Å². The Morgan fingerprint density at radius 1 is 0.889 bits per heavy atom. The van der Waals surface area contributed by atoms with Crippen molar-refractivity contribution in [1.29, 1.82) is 0 Å². The van der Waals surface area contributed by atoms with Crippen molar-refractivity contribution < 1.29 is 5.11 Å². The fourth-order valence-electron chi connectivity index (χ4n) is 3.65. The second kappa shape index (κ2) is 6.38. The van der Waals surface area contributed by atoms with Crippen LogP contribution in [-0.2, 0) is 0 Å². The van der Waals surface area contributed by atoms with Crippen LogP contribution in [0.3, 0.4) is 0 Å². The smallest absolute Gasteiger partial charge is 0.0695 e. The summed E-state index contributed by atoms with van der Waals surface area (Å²) in [4.78, 5) is 2.60. The molecule has 106 valence electrons. The van der Waals surface area contributed by atoms with Gasteiger partial charge in [-0.25, -0.2) is 0 Å². The van der Waals surface area contributed by atoms with E-state index in [0.717, 1.165) is 6.42 Å². The minimum atomic E-state index is -0.0773. The predicted octanol–water partition coefficient (Wildman–Crippen LogP) is 3.58. The van der Waals surface area contributed by atoms with Crippen LogP contribution in [0.1, 0.15) is 71.6 Å². The Kier molecular flexibility index (Phi) is 5.08. The Balaban J connectivity index is 1.95. The van der Waals surface area contributed by atoms with Crippen LogP contribution in [-0.4, -0.2) is 35.2 Å². The van der Waals surface area contributed by atoms with E-state index in [4.69, 9.17) is 0 Å². The maximum Gasteiger partial charge on any atom is 0.0695 e. The summed E-state index contributed by atoms with van der Waals surface area (Å²) in [6, 6.07) is 0.444. The van der Waals surface area contributed by atoms with Crippen molar-refractivity contribution >= 4 is 0 Å². The zero-order valence-corrected chi connectivity index (χ0v) is 12.3. The summed E-state index contributed by atoms with van der Waals surface area (Å²) in [5.41, 5.74) is 0.501. The van der Waals surface area contributed by atoms with Gasteiger partial charge in [-0.3, -0.25) is 4.90 Å². The summed E-state index contributed by atoms with van der Waals surface area (Å²) in [6.07, 6.45) is 11.3. The van der Waals surface area contributed by atoms with Crippen molar-refractivity contribution in [3.05, 3.63) is 0 Å². The molecule has 0 aromatic heterocycles. The van der Waals surface area contributed by atoms with E-state index in [1.165, 1.54) is 64.5 Å². The summed E-state index contributed by atoms with van der Waals surface area (Å²) >= 11 is 0. The summed E-state index contributed by atoms with van der Waals surface area (Å²) in [5, 5.41) is 10.4. The Hall–Kier alpha value is -0.0800. The lowest BCUT2D eigenvalue weighted by molar-refractivity contribution is 0.0315.